The van der Waals surface area contributed by atoms with E-state index in [1.54, 1.807) is 6.92 Å². The molecule has 2 atom stereocenters. The Hall–Kier alpha value is 0.0600. The Morgan fingerprint density at radius 2 is 2.11 bits per heavy atom. The molecule has 0 fully saturated rings. The van der Waals surface area contributed by atoms with Crippen LogP contribution in [0.4, 0.5) is 0 Å². The van der Waals surface area contributed by atoms with Crippen LogP contribution in [0.3, 0.4) is 0 Å². The Morgan fingerprint density at radius 1 is 1.67 bits per heavy atom. The van der Waals surface area contributed by atoms with Gasteiger partial charge < -0.3 is 9.32 Å². The Kier molecular flexibility index (Phi) is 19.5. The van der Waals surface area contributed by atoms with Crippen LogP contribution >= 0.6 is 9.47 Å². The second-order valence-corrected chi connectivity index (χ2v) is 1.78. The molecule has 0 saturated heterocycles. The fourth-order valence-electron chi connectivity index (χ4n) is 0.191. The van der Waals surface area contributed by atoms with E-state index in [4.69, 9.17) is 0 Å². The van der Waals surface area contributed by atoms with Gasteiger partial charge >= 0.3 is 0 Å². The molecular formula is C6H17O2P. The summed E-state index contributed by atoms with van der Waals surface area (Å²) in [5, 5.41) is 0. The summed E-state index contributed by atoms with van der Waals surface area (Å²) in [5.41, 5.74) is 0. The topological polar surface area (TPSA) is 26.3 Å². The summed E-state index contributed by atoms with van der Waals surface area (Å²) in [6.07, 6.45) is 0.865. The molecule has 9 heavy (non-hydrogen) atoms. The summed E-state index contributed by atoms with van der Waals surface area (Å²) in [6.45, 7) is 2.30. The first-order chi connectivity index (χ1) is 3.31. The third-order valence-corrected chi connectivity index (χ3v) is 0.784. The lowest BCUT2D eigenvalue weighted by Crippen LogP contribution is -2.00. The molecule has 3 heteroatoms. The lowest BCUT2D eigenvalue weighted by Gasteiger charge is -1.96. The van der Waals surface area contributed by atoms with E-state index in [1.165, 1.54) is 0 Å². The predicted molar refractivity (Wildman–Crippen MR) is 44.4 cm³/mol. The molecule has 0 N–H and O–H groups in total. The highest BCUT2D eigenvalue weighted by Crippen LogP contribution is 1.93. The summed E-state index contributed by atoms with van der Waals surface area (Å²) in [5.74, 6) is 0.0255. The Labute approximate surface area is 60.3 Å². The molecule has 0 aromatic rings. The average Bonchev–Trinajstić information content (AvgIpc) is 1.68. The maximum absolute atomic E-state index is 9.81. The van der Waals surface area contributed by atoms with Crippen molar-refractivity contribution in [3.8, 4) is 0 Å². The predicted octanol–water partition coefficient (Wildman–Crippen LogP) is 1.90. The van der Waals surface area contributed by atoms with Gasteiger partial charge in [0.05, 0.1) is 6.61 Å². The maximum atomic E-state index is 9.81. The minimum atomic E-state index is 0. The van der Waals surface area contributed by atoms with Crippen LogP contribution in [0.25, 0.3) is 0 Å². The van der Waals surface area contributed by atoms with Crippen molar-refractivity contribution in [1.29, 1.82) is 0 Å². The van der Waals surface area contributed by atoms with Crippen molar-refractivity contribution in [1.82, 2.24) is 0 Å². The number of hydrogen-bond acceptors (Lipinski definition) is 2. The van der Waals surface area contributed by atoms with Gasteiger partial charge in [-0.05, 0) is 0 Å². The van der Waals surface area contributed by atoms with Crippen LogP contribution in [0.15, 0.2) is 0 Å². The second-order valence-electron chi connectivity index (χ2n) is 1.45. The molecule has 0 aliphatic heterocycles. The van der Waals surface area contributed by atoms with E-state index in [1.807, 2.05) is 0 Å². The number of rotatable bonds is 3. The molecule has 0 spiro atoms. The van der Waals surface area contributed by atoms with Crippen LogP contribution in [0.2, 0.25) is 0 Å². The van der Waals surface area contributed by atoms with Crippen molar-refractivity contribution in [2.24, 2.45) is 5.92 Å². The van der Waals surface area contributed by atoms with Crippen LogP contribution in [0.1, 0.15) is 21.8 Å². The molecule has 0 aromatic heterocycles. The third-order valence-electron chi connectivity index (χ3n) is 0.591. The molecule has 0 saturated carbocycles. The largest absolute Gasteiger partial charge is 0.365 e. The SMILES string of the molecule is C.C.CC(C=O)COP. The molecule has 0 rings (SSSR count). The number of aldehydes is 1. The van der Waals surface area contributed by atoms with Gasteiger partial charge in [-0.25, -0.2) is 0 Å². The Bertz CT molecular complexity index is 57.0. The van der Waals surface area contributed by atoms with Crippen molar-refractivity contribution >= 4 is 15.8 Å². The van der Waals surface area contributed by atoms with Gasteiger partial charge in [0.15, 0.2) is 0 Å². The van der Waals surface area contributed by atoms with Crippen LogP contribution < -0.4 is 0 Å². The molecule has 0 aliphatic carbocycles. The monoisotopic (exact) mass is 152 g/mol. The van der Waals surface area contributed by atoms with Crippen molar-refractivity contribution in [2.45, 2.75) is 21.8 Å². The molecule has 2 unspecified atom stereocenters. The highest BCUT2D eigenvalue weighted by molar-refractivity contribution is 7.09. The normalized spacial score (nSPS) is 10.4. The average molecular weight is 152 g/mol. The van der Waals surface area contributed by atoms with E-state index in [2.05, 4.69) is 14.0 Å². The van der Waals surface area contributed by atoms with Crippen molar-refractivity contribution in [2.75, 3.05) is 6.61 Å². The summed E-state index contributed by atoms with van der Waals surface area (Å²) in [7, 11) is 2.09. The molecule has 0 aromatic carbocycles. The van der Waals surface area contributed by atoms with Gasteiger partial charge in [-0.1, -0.05) is 21.8 Å². The zero-order chi connectivity index (χ0) is 5.70. The lowest BCUT2D eigenvalue weighted by molar-refractivity contribution is -0.111. The summed E-state index contributed by atoms with van der Waals surface area (Å²) in [4.78, 5) is 9.81. The molecule has 0 radical (unpaired) electrons. The van der Waals surface area contributed by atoms with Crippen LogP contribution in [0, 0.1) is 5.92 Å². The molecule has 0 bridgehead atoms. The van der Waals surface area contributed by atoms with Crippen molar-refractivity contribution in [3.05, 3.63) is 0 Å². The van der Waals surface area contributed by atoms with E-state index >= 15 is 0 Å². The zero-order valence-electron chi connectivity index (χ0n) is 4.26. The quantitative estimate of drug-likeness (QED) is 0.456. The zero-order valence-corrected chi connectivity index (χ0v) is 5.41. The molecular weight excluding hydrogens is 135 g/mol. The minimum Gasteiger partial charge on any atom is -0.365 e. The molecule has 0 aliphatic rings. The maximum Gasteiger partial charge on any atom is 0.125 e. The van der Waals surface area contributed by atoms with Crippen LogP contribution in [-0.4, -0.2) is 12.9 Å². The lowest BCUT2D eigenvalue weighted by atomic mass is 10.2. The van der Waals surface area contributed by atoms with Gasteiger partial charge in [0, 0.05) is 15.4 Å². The first-order valence-electron chi connectivity index (χ1n) is 2.08. The van der Waals surface area contributed by atoms with E-state index in [0.717, 1.165) is 6.29 Å². The van der Waals surface area contributed by atoms with E-state index < -0.39 is 0 Å². The standard InChI is InChI=1S/C4H9O2P.2CH4/c1-4(2-5)3-6-7;;/h2,4H,3,7H2,1H3;2*1H4. The molecule has 58 valence electrons. The molecule has 2 nitrogen and oxygen atoms in total. The number of carbonyl (C=O) groups excluding carboxylic acids is 1. The Balaban J connectivity index is -0.000000180. The van der Waals surface area contributed by atoms with Crippen LogP contribution in [-0.2, 0) is 9.32 Å². The summed E-state index contributed by atoms with van der Waals surface area (Å²) >= 11 is 0. The van der Waals surface area contributed by atoms with Gasteiger partial charge in [0.25, 0.3) is 0 Å². The summed E-state index contributed by atoms with van der Waals surface area (Å²) < 4.78 is 4.58. The van der Waals surface area contributed by atoms with Gasteiger partial charge in [0.2, 0.25) is 0 Å². The van der Waals surface area contributed by atoms with E-state index in [-0.39, 0.29) is 20.8 Å². The third kappa shape index (κ3) is 11.6. The molecule has 0 heterocycles. The highest BCUT2D eigenvalue weighted by Gasteiger charge is 1.94. The van der Waals surface area contributed by atoms with Crippen molar-refractivity contribution in [3.63, 3.8) is 0 Å². The fraction of sp³-hybridized carbons (Fsp3) is 0.833. The Morgan fingerprint density at radius 3 is 2.22 bits per heavy atom. The van der Waals surface area contributed by atoms with Gasteiger partial charge in [-0.3, -0.25) is 0 Å². The molecule has 0 amide bonds. The second kappa shape index (κ2) is 10.9. The summed E-state index contributed by atoms with van der Waals surface area (Å²) in [6, 6.07) is 0. The van der Waals surface area contributed by atoms with Crippen LogP contribution in [0.5, 0.6) is 0 Å². The highest BCUT2D eigenvalue weighted by atomic mass is 31.0. The van der Waals surface area contributed by atoms with Gasteiger partial charge in [-0.15, -0.1) is 0 Å². The fourth-order valence-corrected chi connectivity index (χ4v) is 0.495. The van der Waals surface area contributed by atoms with Crippen molar-refractivity contribution < 1.29 is 9.32 Å². The van der Waals surface area contributed by atoms with E-state index in [9.17, 15) is 4.79 Å². The van der Waals surface area contributed by atoms with Gasteiger partial charge in [-0.2, -0.15) is 0 Å². The van der Waals surface area contributed by atoms with Gasteiger partial charge in [0.1, 0.15) is 6.29 Å². The van der Waals surface area contributed by atoms with E-state index in [0.29, 0.717) is 6.61 Å². The first kappa shape index (κ1) is 16.0. The number of carbonyl (C=O) groups is 1. The number of hydrogen-bond donors (Lipinski definition) is 0. The first-order valence-corrected chi connectivity index (χ1v) is 2.55. The smallest absolute Gasteiger partial charge is 0.125 e. The minimum absolute atomic E-state index is 0.